The van der Waals surface area contributed by atoms with Crippen LogP contribution in [0.5, 0.6) is 0 Å². The number of hydrogen-bond acceptors (Lipinski definition) is 3. The largest absolute Gasteiger partial charge is 0.357 e. The standard InChI is InChI=1S/C21H29N3O/c25-21(20-17-8-15-7-16(10-17)11-18(20)9-15)23-13-14-3-4-22-19(12-14)24-5-1-2-6-24/h3-4,12,15-18,20H,1-2,5-11,13H2,(H,23,25). The topological polar surface area (TPSA) is 45.2 Å². The maximum absolute atomic E-state index is 12.9. The summed E-state index contributed by atoms with van der Waals surface area (Å²) in [6.07, 6.45) is 11.1. The molecule has 4 aliphatic carbocycles. The van der Waals surface area contributed by atoms with Crippen LogP contribution < -0.4 is 10.2 Å². The number of aromatic nitrogens is 1. The molecule has 134 valence electrons. The smallest absolute Gasteiger partial charge is 0.223 e. The molecule has 25 heavy (non-hydrogen) atoms. The molecule has 4 saturated carbocycles. The Morgan fingerprint density at radius 1 is 1.08 bits per heavy atom. The van der Waals surface area contributed by atoms with Gasteiger partial charge >= 0.3 is 0 Å². The highest BCUT2D eigenvalue weighted by atomic mass is 16.1. The third-order valence-corrected chi connectivity index (χ3v) is 7.24. The molecule has 2 heterocycles. The lowest BCUT2D eigenvalue weighted by molar-refractivity contribution is -0.138. The maximum atomic E-state index is 12.9. The van der Waals surface area contributed by atoms with Crippen molar-refractivity contribution in [1.82, 2.24) is 10.3 Å². The number of hydrogen-bond donors (Lipinski definition) is 1. The molecule has 6 rings (SSSR count). The minimum Gasteiger partial charge on any atom is -0.357 e. The Kier molecular flexibility index (Phi) is 3.94. The van der Waals surface area contributed by atoms with E-state index in [9.17, 15) is 4.79 Å². The number of nitrogens with one attached hydrogen (secondary N) is 1. The third kappa shape index (κ3) is 2.94. The summed E-state index contributed by atoms with van der Waals surface area (Å²) in [6, 6.07) is 4.19. The molecule has 0 unspecified atom stereocenters. The molecule has 5 fully saturated rings. The Morgan fingerprint density at radius 3 is 2.44 bits per heavy atom. The Balaban J connectivity index is 1.23. The van der Waals surface area contributed by atoms with Gasteiger partial charge in [0, 0.05) is 31.7 Å². The van der Waals surface area contributed by atoms with Gasteiger partial charge in [-0.3, -0.25) is 4.79 Å². The molecule has 1 aromatic heterocycles. The quantitative estimate of drug-likeness (QED) is 0.915. The predicted octanol–water partition coefficient (Wildman–Crippen LogP) is 3.37. The van der Waals surface area contributed by atoms with Gasteiger partial charge in [-0.15, -0.1) is 0 Å². The highest BCUT2D eigenvalue weighted by Gasteiger charge is 2.50. The summed E-state index contributed by atoms with van der Waals surface area (Å²) in [6.45, 7) is 2.86. The molecule has 1 aliphatic heterocycles. The van der Waals surface area contributed by atoms with E-state index >= 15 is 0 Å². The van der Waals surface area contributed by atoms with Gasteiger partial charge in [0.2, 0.25) is 5.91 Å². The first-order chi connectivity index (χ1) is 12.3. The van der Waals surface area contributed by atoms with E-state index in [0.29, 0.717) is 24.3 Å². The molecule has 0 aromatic carbocycles. The second-order valence-electron chi connectivity index (χ2n) is 8.89. The highest BCUT2D eigenvalue weighted by molar-refractivity contribution is 5.79. The number of pyridine rings is 1. The summed E-state index contributed by atoms with van der Waals surface area (Å²) in [5, 5.41) is 3.26. The zero-order valence-corrected chi connectivity index (χ0v) is 15.0. The van der Waals surface area contributed by atoms with Crippen LogP contribution in [-0.4, -0.2) is 24.0 Å². The third-order valence-electron chi connectivity index (χ3n) is 7.24. The van der Waals surface area contributed by atoms with Crippen molar-refractivity contribution in [2.45, 2.75) is 51.5 Å². The molecule has 1 N–H and O–H groups in total. The summed E-state index contributed by atoms with van der Waals surface area (Å²) in [5.74, 6) is 4.84. The van der Waals surface area contributed by atoms with Gasteiger partial charge in [-0.2, -0.15) is 0 Å². The average Bonchev–Trinajstić information content (AvgIpc) is 3.14. The molecule has 0 spiro atoms. The van der Waals surface area contributed by atoms with E-state index in [4.69, 9.17) is 0 Å². The van der Waals surface area contributed by atoms with Crippen LogP contribution >= 0.6 is 0 Å². The van der Waals surface area contributed by atoms with Crippen LogP contribution in [0.2, 0.25) is 0 Å². The Morgan fingerprint density at radius 2 is 1.76 bits per heavy atom. The van der Waals surface area contributed by atoms with Gasteiger partial charge in [-0.1, -0.05) is 0 Å². The monoisotopic (exact) mass is 339 g/mol. The van der Waals surface area contributed by atoms with Crippen molar-refractivity contribution in [3.63, 3.8) is 0 Å². The minimum absolute atomic E-state index is 0.285. The molecule has 4 heteroatoms. The predicted molar refractivity (Wildman–Crippen MR) is 98.1 cm³/mol. The summed E-state index contributed by atoms with van der Waals surface area (Å²) in [7, 11) is 0. The Bertz CT molecular complexity index is 624. The molecular formula is C21H29N3O. The SMILES string of the molecule is O=C(NCc1ccnc(N2CCCC2)c1)C1C2CC3CC(C2)CC1C3. The number of carbonyl (C=O) groups is 1. The Hall–Kier alpha value is -1.58. The van der Waals surface area contributed by atoms with Gasteiger partial charge in [0.05, 0.1) is 0 Å². The molecule has 1 saturated heterocycles. The number of amides is 1. The van der Waals surface area contributed by atoms with Gasteiger partial charge in [0.25, 0.3) is 0 Å². The van der Waals surface area contributed by atoms with Crippen LogP contribution in [0, 0.1) is 29.6 Å². The van der Waals surface area contributed by atoms with Gasteiger partial charge in [0.1, 0.15) is 5.82 Å². The van der Waals surface area contributed by atoms with Crippen LogP contribution in [0.15, 0.2) is 18.3 Å². The summed E-state index contributed by atoms with van der Waals surface area (Å²) in [5.41, 5.74) is 1.18. The van der Waals surface area contributed by atoms with Crippen LogP contribution in [0.3, 0.4) is 0 Å². The van der Waals surface area contributed by atoms with Gasteiger partial charge in [0.15, 0.2) is 0 Å². The van der Waals surface area contributed by atoms with Crippen molar-refractivity contribution in [1.29, 1.82) is 0 Å². The van der Waals surface area contributed by atoms with E-state index in [-0.39, 0.29) is 5.92 Å². The molecule has 5 aliphatic rings. The summed E-state index contributed by atoms with van der Waals surface area (Å²) in [4.78, 5) is 19.8. The lowest BCUT2D eigenvalue weighted by Gasteiger charge is -2.53. The van der Waals surface area contributed by atoms with Crippen molar-refractivity contribution >= 4 is 11.7 Å². The van der Waals surface area contributed by atoms with Crippen molar-refractivity contribution in [2.75, 3.05) is 18.0 Å². The number of rotatable bonds is 4. The molecule has 0 atom stereocenters. The van der Waals surface area contributed by atoms with Crippen molar-refractivity contribution < 1.29 is 4.79 Å². The van der Waals surface area contributed by atoms with Gasteiger partial charge in [-0.25, -0.2) is 4.98 Å². The second-order valence-corrected chi connectivity index (χ2v) is 8.89. The number of nitrogens with zero attached hydrogens (tertiary/aromatic N) is 2. The van der Waals surface area contributed by atoms with Crippen LogP contribution in [0.1, 0.15) is 50.5 Å². The second kappa shape index (κ2) is 6.30. The lowest BCUT2D eigenvalue weighted by Crippen LogP contribution is -2.50. The van der Waals surface area contributed by atoms with Crippen molar-refractivity contribution in [2.24, 2.45) is 29.6 Å². The maximum Gasteiger partial charge on any atom is 0.223 e. The molecule has 0 radical (unpaired) electrons. The normalized spacial score (nSPS) is 36.0. The number of anilines is 1. The van der Waals surface area contributed by atoms with Crippen LogP contribution in [-0.2, 0) is 11.3 Å². The lowest BCUT2D eigenvalue weighted by atomic mass is 9.51. The fourth-order valence-corrected chi connectivity index (χ4v) is 6.35. The van der Waals surface area contributed by atoms with Crippen LogP contribution in [0.25, 0.3) is 0 Å². The minimum atomic E-state index is 0.285. The average molecular weight is 339 g/mol. The first kappa shape index (κ1) is 15.7. The van der Waals surface area contributed by atoms with E-state index in [1.54, 1.807) is 0 Å². The fraction of sp³-hybridized carbons (Fsp3) is 0.714. The van der Waals surface area contributed by atoms with Crippen LogP contribution in [0.4, 0.5) is 5.82 Å². The zero-order valence-electron chi connectivity index (χ0n) is 15.0. The zero-order chi connectivity index (χ0) is 16.8. The fourth-order valence-electron chi connectivity index (χ4n) is 6.35. The van der Waals surface area contributed by atoms with E-state index in [2.05, 4.69) is 21.3 Å². The van der Waals surface area contributed by atoms with Crippen molar-refractivity contribution in [3.05, 3.63) is 23.9 Å². The van der Waals surface area contributed by atoms with Gasteiger partial charge < -0.3 is 10.2 Å². The Labute approximate surface area is 150 Å². The summed E-state index contributed by atoms with van der Waals surface area (Å²) >= 11 is 0. The molecule has 1 aromatic rings. The van der Waals surface area contributed by atoms with E-state index in [0.717, 1.165) is 30.7 Å². The molecular weight excluding hydrogens is 310 g/mol. The first-order valence-electron chi connectivity index (χ1n) is 10.2. The molecule has 1 amide bonds. The van der Waals surface area contributed by atoms with E-state index in [1.165, 1.54) is 50.5 Å². The summed E-state index contributed by atoms with van der Waals surface area (Å²) < 4.78 is 0. The highest BCUT2D eigenvalue weighted by Crippen LogP contribution is 2.56. The first-order valence-corrected chi connectivity index (χ1v) is 10.2. The van der Waals surface area contributed by atoms with Crippen molar-refractivity contribution in [3.8, 4) is 0 Å². The number of carbonyl (C=O) groups excluding carboxylic acids is 1. The molecule has 4 nitrogen and oxygen atoms in total. The van der Waals surface area contributed by atoms with Gasteiger partial charge in [-0.05, 0) is 86.3 Å². The molecule has 4 bridgehead atoms. The van der Waals surface area contributed by atoms with E-state index < -0.39 is 0 Å². The van der Waals surface area contributed by atoms with E-state index in [1.807, 2.05) is 12.3 Å².